The summed E-state index contributed by atoms with van der Waals surface area (Å²) in [5, 5.41) is 2.97. The molecular weight excluding hydrogens is 350 g/mol. The number of hydrogen-bond donors (Lipinski definition) is 1. The van der Waals surface area contributed by atoms with Crippen molar-refractivity contribution in [1.29, 1.82) is 0 Å². The van der Waals surface area contributed by atoms with Crippen LogP contribution in [0.4, 0.5) is 0 Å². The lowest BCUT2D eigenvalue weighted by Gasteiger charge is -2.23. The van der Waals surface area contributed by atoms with Gasteiger partial charge in [0.1, 0.15) is 0 Å². The Morgan fingerprint density at radius 3 is 2.58 bits per heavy atom. The number of benzene rings is 1. The maximum absolute atomic E-state index is 12.8. The first-order valence-electron chi connectivity index (χ1n) is 9.48. The van der Waals surface area contributed by atoms with Gasteiger partial charge < -0.3 is 5.32 Å². The second-order valence-corrected chi connectivity index (χ2v) is 8.61. The SMILES string of the molecule is CCN1CCCC1CNC(=O)c1ccc(C)c(S(=O)(=O)N(CC)CC)c1. The average Bonchev–Trinajstić information content (AvgIpc) is 3.08. The van der Waals surface area contributed by atoms with E-state index in [1.54, 1.807) is 19.1 Å². The van der Waals surface area contributed by atoms with E-state index in [0.29, 0.717) is 36.8 Å². The van der Waals surface area contributed by atoms with Crippen molar-refractivity contribution in [3.63, 3.8) is 0 Å². The van der Waals surface area contributed by atoms with Crippen LogP contribution in [-0.2, 0) is 10.0 Å². The van der Waals surface area contributed by atoms with Crippen LogP contribution in [0.3, 0.4) is 0 Å². The van der Waals surface area contributed by atoms with Gasteiger partial charge in [-0.25, -0.2) is 8.42 Å². The molecule has 0 bridgehead atoms. The van der Waals surface area contributed by atoms with Gasteiger partial charge >= 0.3 is 0 Å². The van der Waals surface area contributed by atoms with Gasteiger partial charge in [-0.3, -0.25) is 9.69 Å². The van der Waals surface area contributed by atoms with Crippen LogP contribution in [0, 0.1) is 6.92 Å². The van der Waals surface area contributed by atoms with Crippen LogP contribution in [0.2, 0.25) is 0 Å². The molecule has 1 aromatic rings. The van der Waals surface area contributed by atoms with Gasteiger partial charge in [0.25, 0.3) is 5.91 Å². The molecule has 1 atom stereocenters. The van der Waals surface area contributed by atoms with Gasteiger partial charge in [-0.05, 0) is 50.6 Å². The first-order valence-corrected chi connectivity index (χ1v) is 10.9. The minimum Gasteiger partial charge on any atom is -0.350 e. The molecule has 1 amide bonds. The molecule has 1 saturated heterocycles. The Kier molecular flexibility index (Phi) is 7.20. The molecule has 0 spiro atoms. The third kappa shape index (κ3) is 4.45. The lowest BCUT2D eigenvalue weighted by molar-refractivity contribution is 0.0941. The molecule has 7 heteroatoms. The van der Waals surface area contributed by atoms with Gasteiger partial charge in [-0.1, -0.05) is 26.8 Å². The van der Waals surface area contributed by atoms with Crippen molar-refractivity contribution in [3.8, 4) is 0 Å². The summed E-state index contributed by atoms with van der Waals surface area (Å²) in [7, 11) is -3.59. The van der Waals surface area contributed by atoms with Crippen molar-refractivity contribution in [1.82, 2.24) is 14.5 Å². The number of nitrogens with one attached hydrogen (secondary N) is 1. The second-order valence-electron chi connectivity index (χ2n) is 6.70. The summed E-state index contributed by atoms with van der Waals surface area (Å²) in [6.07, 6.45) is 2.24. The lowest BCUT2D eigenvalue weighted by Crippen LogP contribution is -2.40. The predicted molar refractivity (Wildman–Crippen MR) is 104 cm³/mol. The zero-order valence-corrected chi connectivity index (χ0v) is 17.1. The molecule has 1 unspecified atom stereocenters. The number of likely N-dealkylation sites (N-methyl/N-ethyl adjacent to an activating group) is 1. The number of rotatable bonds is 8. The first kappa shape index (κ1) is 20.9. The molecule has 1 fully saturated rings. The summed E-state index contributed by atoms with van der Waals surface area (Å²) in [4.78, 5) is 15.1. The van der Waals surface area contributed by atoms with Gasteiger partial charge in [0.15, 0.2) is 0 Å². The van der Waals surface area contributed by atoms with E-state index in [0.717, 1.165) is 25.9 Å². The molecule has 0 aromatic heterocycles. The van der Waals surface area contributed by atoms with Gasteiger partial charge in [0.2, 0.25) is 10.0 Å². The zero-order valence-electron chi connectivity index (χ0n) is 16.3. The number of sulfonamides is 1. The number of hydrogen-bond acceptors (Lipinski definition) is 4. The third-order valence-corrected chi connectivity index (χ3v) is 7.37. The molecule has 6 nitrogen and oxygen atoms in total. The van der Waals surface area contributed by atoms with E-state index in [4.69, 9.17) is 0 Å². The number of nitrogens with zero attached hydrogens (tertiary/aromatic N) is 2. The van der Waals surface area contributed by atoms with Crippen LogP contribution < -0.4 is 5.32 Å². The summed E-state index contributed by atoms with van der Waals surface area (Å²) in [5.74, 6) is -0.219. The Morgan fingerprint density at radius 1 is 1.27 bits per heavy atom. The highest BCUT2D eigenvalue weighted by molar-refractivity contribution is 7.89. The van der Waals surface area contributed by atoms with Crippen molar-refractivity contribution in [2.24, 2.45) is 0 Å². The van der Waals surface area contributed by atoms with Gasteiger partial charge in [-0.15, -0.1) is 0 Å². The predicted octanol–water partition coefficient (Wildman–Crippen LogP) is 2.24. The molecule has 0 aliphatic carbocycles. The summed E-state index contributed by atoms with van der Waals surface area (Å²) in [6, 6.07) is 5.27. The molecule has 1 aliphatic heterocycles. The minimum atomic E-state index is -3.59. The smallest absolute Gasteiger partial charge is 0.251 e. The van der Waals surface area contributed by atoms with Crippen molar-refractivity contribution in [2.45, 2.75) is 51.5 Å². The quantitative estimate of drug-likeness (QED) is 0.750. The van der Waals surface area contributed by atoms with Crippen LogP contribution in [-0.4, -0.2) is 62.3 Å². The highest BCUT2D eigenvalue weighted by Crippen LogP contribution is 2.22. The second kappa shape index (κ2) is 8.97. The summed E-state index contributed by atoms with van der Waals surface area (Å²) in [6.45, 7) is 11.0. The van der Waals surface area contributed by atoms with Crippen molar-refractivity contribution in [2.75, 3.05) is 32.7 Å². The highest BCUT2D eigenvalue weighted by atomic mass is 32.2. The van der Waals surface area contributed by atoms with E-state index in [1.165, 1.54) is 10.4 Å². The number of carbonyl (C=O) groups excluding carboxylic acids is 1. The largest absolute Gasteiger partial charge is 0.350 e. The highest BCUT2D eigenvalue weighted by Gasteiger charge is 2.26. The fourth-order valence-electron chi connectivity index (χ4n) is 3.58. The molecule has 0 radical (unpaired) electrons. The van der Waals surface area contributed by atoms with E-state index < -0.39 is 10.0 Å². The van der Waals surface area contributed by atoms with E-state index in [9.17, 15) is 13.2 Å². The molecule has 146 valence electrons. The summed E-state index contributed by atoms with van der Waals surface area (Å²) >= 11 is 0. The van der Waals surface area contributed by atoms with Crippen molar-refractivity contribution < 1.29 is 13.2 Å². The topological polar surface area (TPSA) is 69.7 Å². The van der Waals surface area contributed by atoms with E-state index >= 15 is 0 Å². The van der Waals surface area contributed by atoms with Gasteiger partial charge in [-0.2, -0.15) is 4.31 Å². The molecule has 1 aliphatic rings. The molecule has 0 saturated carbocycles. The summed E-state index contributed by atoms with van der Waals surface area (Å²) in [5.41, 5.74) is 1.05. The Morgan fingerprint density at radius 2 is 1.96 bits per heavy atom. The number of carbonyl (C=O) groups is 1. The Labute approximate surface area is 157 Å². The molecule has 26 heavy (non-hydrogen) atoms. The number of aryl methyl sites for hydroxylation is 1. The third-order valence-electron chi connectivity index (χ3n) is 5.18. The number of amides is 1. The van der Waals surface area contributed by atoms with E-state index in [2.05, 4.69) is 17.1 Å². The Bertz CT molecular complexity index is 730. The molecule has 1 heterocycles. The molecule has 2 rings (SSSR count). The van der Waals surface area contributed by atoms with Crippen LogP contribution in [0.25, 0.3) is 0 Å². The van der Waals surface area contributed by atoms with Crippen LogP contribution in [0.15, 0.2) is 23.1 Å². The fourth-order valence-corrected chi connectivity index (χ4v) is 5.29. The monoisotopic (exact) mass is 381 g/mol. The molecular formula is C19H31N3O3S. The maximum atomic E-state index is 12.8. The Balaban J connectivity index is 2.17. The normalized spacial score (nSPS) is 18.4. The van der Waals surface area contributed by atoms with Gasteiger partial charge in [0, 0.05) is 31.2 Å². The average molecular weight is 382 g/mol. The van der Waals surface area contributed by atoms with Crippen LogP contribution in [0.1, 0.15) is 49.5 Å². The summed E-state index contributed by atoms with van der Waals surface area (Å²) < 4.78 is 27.1. The maximum Gasteiger partial charge on any atom is 0.251 e. The standard InChI is InChI=1S/C19H31N3O3S/c1-5-21-12-8-9-17(21)14-20-19(23)16-11-10-15(4)18(13-16)26(24,25)22(6-2)7-3/h10-11,13,17H,5-9,12,14H2,1-4H3,(H,20,23). The lowest BCUT2D eigenvalue weighted by atomic mass is 10.1. The zero-order chi connectivity index (χ0) is 19.3. The molecule has 1 N–H and O–H groups in total. The Hall–Kier alpha value is -1.44. The van der Waals surface area contributed by atoms with Crippen molar-refractivity contribution >= 4 is 15.9 Å². The minimum absolute atomic E-state index is 0.213. The van der Waals surface area contributed by atoms with Crippen LogP contribution >= 0.6 is 0 Å². The van der Waals surface area contributed by atoms with E-state index in [-0.39, 0.29) is 10.8 Å². The van der Waals surface area contributed by atoms with Crippen molar-refractivity contribution in [3.05, 3.63) is 29.3 Å². The van der Waals surface area contributed by atoms with Crippen LogP contribution in [0.5, 0.6) is 0 Å². The number of likely N-dealkylation sites (tertiary alicyclic amines) is 1. The van der Waals surface area contributed by atoms with Gasteiger partial charge in [0.05, 0.1) is 4.90 Å². The fraction of sp³-hybridized carbons (Fsp3) is 0.632. The first-order chi connectivity index (χ1) is 12.3. The molecule has 1 aromatic carbocycles. The van der Waals surface area contributed by atoms with E-state index in [1.807, 2.05) is 13.8 Å².